The van der Waals surface area contributed by atoms with Crippen LogP contribution < -0.4 is 0 Å². The lowest BCUT2D eigenvalue weighted by Gasteiger charge is -2.64. The fourth-order valence-electron chi connectivity index (χ4n) is 13.6. The normalized spacial score (nSPS) is 52.0. The first-order valence-corrected chi connectivity index (χ1v) is 18.6. The molecule has 0 aromatic heterocycles. The van der Waals surface area contributed by atoms with Gasteiger partial charge in [-0.25, -0.2) is 4.79 Å². The van der Waals surface area contributed by atoms with Crippen LogP contribution in [0.5, 0.6) is 0 Å². The van der Waals surface area contributed by atoms with Gasteiger partial charge in [-0.15, -0.1) is 0 Å². The number of hydrogen-bond acceptors (Lipinski definition) is 6. The molecule has 256 valence electrons. The molecule has 0 aromatic carbocycles. The third-order valence-electron chi connectivity index (χ3n) is 15.8. The molecular formula is C38H63NO6. The topological polar surface area (TPSA) is 77.5 Å². The van der Waals surface area contributed by atoms with Crippen LogP contribution in [0.2, 0.25) is 0 Å². The molecule has 2 saturated heterocycles. The summed E-state index contributed by atoms with van der Waals surface area (Å²) in [6.07, 6.45) is 11.5. The summed E-state index contributed by atoms with van der Waals surface area (Å²) in [4.78, 5) is 14.1. The molecule has 5 saturated carbocycles. The molecule has 2 aliphatic heterocycles. The summed E-state index contributed by atoms with van der Waals surface area (Å²) < 4.78 is 25.8. The molecule has 45 heavy (non-hydrogen) atoms. The van der Waals surface area contributed by atoms with Crippen LogP contribution in [-0.4, -0.2) is 73.6 Å². The highest BCUT2D eigenvalue weighted by Gasteiger charge is 2.84. The number of nitrogens with zero attached hydrogens (tertiary/aromatic N) is 1. The first-order chi connectivity index (χ1) is 21.1. The van der Waals surface area contributed by atoms with Crippen molar-refractivity contribution < 1.29 is 28.8 Å². The SMILES string of the molecule is CC(C)[C@@H](OC(=O)N(C)C)[C@H]1C[C@@H](C)[C@H]2[C@H](O1)[C@H](O)[C@@]1(C)[C@@H]3CC[C@H]4C(C)(C)C(O[C@H]5CCCCO5)CCC45C[C@@]35CC[C@]21C. The summed E-state index contributed by atoms with van der Waals surface area (Å²) in [5.41, 5.74) is 0.655. The van der Waals surface area contributed by atoms with Gasteiger partial charge >= 0.3 is 6.09 Å². The van der Waals surface area contributed by atoms with E-state index in [2.05, 4.69) is 48.5 Å². The summed E-state index contributed by atoms with van der Waals surface area (Å²) in [6.45, 7) is 17.4. The summed E-state index contributed by atoms with van der Waals surface area (Å²) >= 11 is 0. The Bertz CT molecular complexity index is 1150. The van der Waals surface area contributed by atoms with E-state index in [-0.39, 0.29) is 59.0 Å². The minimum atomic E-state index is -0.511. The molecule has 14 atom stereocenters. The zero-order valence-electron chi connectivity index (χ0n) is 29.8. The average molecular weight is 630 g/mol. The Morgan fingerprint density at radius 3 is 2.33 bits per heavy atom. The van der Waals surface area contributed by atoms with Gasteiger partial charge in [0.15, 0.2) is 6.29 Å². The number of carbonyl (C=O) groups excluding carboxylic acids is 1. The quantitative estimate of drug-likeness (QED) is 0.319. The van der Waals surface area contributed by atoms with Crippen molar-refractivity contribution in [2.24, 2.45) is 56.7 Å². The molecule has 7 aliphatic rings. The molecule has 1 amide bonds. The smallest absolute Gasteiger partial charge is 0.409 e. The van der Waals surface area contributed by atoms with Crippen molar-refractivity contribution in [1.29, 1.82) is 0 Å². The van der Waals surface area contributed by atoms with Crippen LogP contribution >= 0.6 is 0 Å². The fourth-order valence-corrected chi connectivity index (χ4v) is 13.6. The van der Waals surface area contributed by atoms with Crippen LogP contribution in [-0.2, 0) is 18.9 Å². The highest BCUT2D eigenvalue weighted by atomic mass is 16.7. The highest BCUT2D eigenvalue weighted by Crippen LogP contribution is 2.89. The number of hydrogen-bond donors (Lipinski definition) is 1. The maximum Gasteiger partial charge on any atom is 0.409 e. The highest BCUT2D eigenvalue weighted by molar-refractivity contribution is 5.67. The monoisotopic (exact) mass is 629 g/mol. The summed E-state index contributed by atoms with van der Waals surface area (Å²) in [5, 5.41) is 12.6. The van der Waals surface area contributed by atoms with E-state index < -0.39 is 6.10 Å². The van der Waals surface area contributed by atoms with Gasteiger partial charge in [-0.1, -0.05) is 48.5 Å². The fraction of sp³-hybridized carbons (Fsp3) is 0.974. The largest absolute Gasteiger partial charge is 0.443 e. The van der Waals surface area contributed by atoms with Crippen LogP contribution in [0.25, 0.3) is 0 Å². The van der Waals surface area contributed by atoms with Crippen LogP contribution in [0.15, 0.2) is 0 Å². The van der Waals surface area contributed by atoms with E-state index in [0.29, 0.717) is 34.5 Å². The van der Waals surface area contributed by atoms with Gasteiger partial charge < -0.3 is 29.0 Å². The first-order valence-electron chi connectivity index (χ1n) is 18.6. The number of amides is 1. The van der Waals surface area contributed by atoms with Crippen LogP contribution in [0.1, 0.15) is 119 Å². The van der Waals surface area contributed by atoms with Crippen LogP contribution in [0, 0.1) is 56.7 Å². The zero-order valence-corrected chi connectivity index (χ0v) is 29.8. The Kier molecular flexibility index (Phi) is 7.84. The standard InChI is InChI=1S/C38H63NO6/c1-22(2)30(45-33(41)39(8)9)24-20-23(3)29-31(43-24)32(40)36(7)26-14-13-25-34(4,5)27(44-28-12-10-11-19-42-28)15-16-37(25)21-38(26,37)18-17-35(29,36)6/h22-32,40H,10-21H2,1-9H3/t23-,24-,25+,26+,27?,28+,29+,30-,31+,32+,35-,36-,37?,38+/m1/s1. The minimum Gasteiger partial charge on any atom is -0.443 e. The number of carbonyl (C=O) groups is 1. The lowest BCUT2D eigenvalue weighted by Crippen LogP contribution is -2.60. The van der Waals surface area contributed by atoms with E-state index in [9.17, 15) is 9.90 Å². The lowest BCUT2D eigenvalue weighted by atomic mass is 9.41. The molecule has 2 heterocycles. The van der Waals surface area contributed by atoms with Gasteiger partial charge in [0, 0.05) is 26.1 Å². The Hall–Kier alpha value is -0.890. The zero-order chi connectivity index (χ0) is 32.3. The van der Waals surface area contributed by atoms with Crippen LogP contribution in [0.4, 0.5) is 4.79 Å². The van der Waals surface area contributed by atoms with Crippen molar-refractivity contribution in [2.75, 3.05) is 20.7 Å². The molecule has 7 fully saturated rings. The predicted octanol–water partition coefficient (Wildman–Crippen LogP) is 7.43. The third kappa shape index (κ3) is 4.37. The minimum absolute atomic E-state index is 0.0236. The number of rotatable bonds is 5. The molecule has 0 radical (unpaired) electrons. The maximum atomic E-state index is 12.6. The number of aliphatic hydroxyl groups is 1. The number of ether oxygens (including phenoxy) is 4. The van der Waals surface area contributed by atoms with Gasteiger partial charge in [0.1, 0.15) is 6.10 Å². The molecule has 2 unspecified atom stereocenters. The molecule has 7 rings (SSSR count). The van der Waals surface area contributed by atoms with Crippen molar-refractivity contribution >= 4 is 6.09 Å². The second-order valence-electron chi connectivity index (χ2n) is 18.5. The average Bonchev–Trinajstić information content (AvgIpc) is 3.62. The summed E-state index contributed by atoms with van der Waals surface area (Å²) in [6, 6.07) is 0. The van der Waals surface area contributed by atoms with Crippen LogP contribution in [0.3, 0.4) is 0 Å². The molecular weight excluding hydrogens is 566 g/mol. The molecule has 7 nitrogen and oxygen atoms in total. The number of fused-ring (bicyclic) bond motifs is 4. The van der Waals surface area contributed by atoms with Crippen molar-refractivity contribution in [1.82, 2.24) is 4.90 Å². The molecule has 0 bridgehead atoms. The van der Waals surface area contributed by atoms with E-state index in [4.69, 9.17) is 18.9 Å². The maximum absolute atomic E-state index is 12.6. The lowest BCUT2D eigenvalue weighted by molar-refractivity contribution is -0.242. The number of aliphatic hydroxyl groups excluding tert-OH is 1. The van der Waals surface area contributed by atoms with Gasteiger partial charge in [-0.2, -0.15) is 0 Å². The summed E-state index contributed by atoms with van der Waals surface area (Å²) in [5.74, 6) is 2.01. The van der Waals surface area contributed by atoms with Crippen molar-refractivity contribution in [3.05, 3.63) is 0 Å². The summed E-state index contributed by atoms with van der Waals surface area (Å²) in [7, 11) is 3.46. The first kappa shape index (κ1) is 32.6. The van der Waals surface area contributed by atoms with E-state index in [1.54, 1.807) is 14.1 Å². The molecule has 5 aliphatic carbocycles. The Morgan fingerprint density at radius 1 is 0.956 bits per heavy atom. The molecule has 1 N–H and O–H groups in total. The molecule has 0 aromatic rings. The molecule has 7 heteroatoms. The van der Waals surface area contributed by atoms with Gasteiger partial charge in [0.25, 0.3) is 0 Å². The van der Waals surface area contributed by atoms with Gasteiger partial charge in [-0.3, -0.25) is 0 Å². The predicted molar refractivity (Wildman–Crippen MR) is 173 cm³/mol. The van der Waals surface area contributed by atoms with Crippen molar-refractivity contribution in [3.63, 3.8) is 0 Å². The Balaban J connectivity index is 1.14. The second-order valence-corrected chi connectivity index (χ2v) is 18.5. The Labute approximate surface area is 272 Å². The van der Waals surface area contributed by atoms with E-state index >= 15 is 0 Å². The van der Waals surface area contributed by atoms with Gasteiger partial charge in [0.05, 0.1) is 24.4 Å². The van der Waals surface area contributed by atoms with Gasteiger partial charge in [0.2, 0.25) is 0 Å². The van der Waals surface area contributed by atoms with Crippen molar-refractivity contribution in [2.45, 2.75) is 156 Å². The Morgan fingerprint density at radius 2 is 1.67 bits per heavy atom. The van der Waals surface area contributed by atoms with Gasteiger partial charge in [-0.05, 0) is 122 Å². The third-order valence-corrected chi connectivity index (χ3v) is 15.8. The van der Waals surface area contributed by atoms with E-state index in [1.165, 1.54) is 49.8 Å². The molecule has 2 spiro atoms. The van der Waals surface area contributed by atoms with Crippen molar-refractivity contribution in [3.8, 4) is 0 Å². The van der Waals surface area contributed by atoms with E-state index in [1.807, 2.05) is 0 Å². The van der Waals surface area contributed by atoms with E-state index in [0.717, 1.165) is 32.3 Å². The second kappa shape index (κ2) is 10.8.